The smallest absolute Gasteiger partial charge is 0.284 e. The van der Waals surface area contributed by atoms with E-state index < -0.39 is 15.9 Å². The Morgan fingerprint density at radius 1 is 1.28 bits per heavy atom. The number of thiazole rings is 1. The Balaban J connectivity index is 2.32. The molecule has 25 heavy (non-hydrogen) atoms. The number of aryl methyl sites for hydroxylation is 1. The predicted octanol–water partition coefficient (Wildman–Crippen LogP) is 1.86. The van der Waals surface area contributed by atoms with Gasteiger partial charge in [-0.15, -0.1) is 0 Å². The minimum Gasteiger partial charge on any atom is -0.382 e. The number of hydrogen-bond acceptors (Lipinski definition) is 8. The number of nitrogens with zero attached hydrogens (tertiary/aromatic N) is 2. The number of aromatic nitrogens is 1. The Labute approximate surface area is 150 Å². The number of methoxy groups -OCH3 is 1. The zero-order valence-electron chi connectivity index (χ0n) is 14.1. The lowest BCUT2D eigenvalue weighted by Crippen LogP contribution is -2.30. The van der Waals surface area contributed by atoms with Crippen LogP contribution in [0, 0.1) is 6.92 Å². The molecule has 1 heterocycles. The molecule has 0 unspecified atom stereocenters. The van der Waals surface area contributed by atoms with E-state index >= 15 is 0 Å². The highest BCUT2D eigenvalue weighted by molar-refractivity contribution is 7.89. The summed E-state index contributed by atoms with van der Waals surface area (Å²) in [6, 6.07) is 9.23. The maximum Gasteiger partial charge on any atom is 0.284 e. The van der Waals surface area contributed by atoms with Gasteiger partial charge >= 0.3 is 0 Å². The highest BCUT2D eigenvalue weighted by Gasteiger charge is 2.22. The third-order valence-corrected chi connectivity index (χ3v) is 4.45. The molecule has 1 N–H and O–H groups in total. The fourth-order valence-electron chi connectivity index (χ4n) is 1.91. The summed E-state index contributed by atoms with van der Waals surface area (Å²) in [6.07, 6.45) is 0.914. The Hall–Kier alpha value is -2.01. The summed E-state index contributed by atoms with van der Waals surface area (Å²) in [6.45, 7) is 2.36. The van der Waals surface area contributed by atoms with Crippen molar-refractivity contribution in [1.29, 1.82) is 0 Å². The van der Waals surface area contributed by atoms with Crippen molar-refractivity contribution in [2.75, 3.05) is 31.6 Å². The molecule has 2 aromatic rings. The van der Waals surface area contributed by atoms with Gasteiger partial charge in [-0.05, 0) is 19.1 Å². The number of anilines is 2. The van der Waals surface area contributed by atoms with Gasteiger partial charge in [-0.3, -0.25) is 9.63 Å². The number of ether oxygens (including phenoxy) is 1. The first kappa shape index (κ1) is 19.3. The van der Waals surface area contributed by atoms with Crippen molar-refractivity contribution >= 4 is 38.1 Å². The van der Waals surface area contributed by atoms with Gasteiger partial charge in [0.15, 0.2) is 0 Å². The topological polar surface area (TPSA) is 97.8 Å². The highest BCUT2D eigenvalue weighted by atomic mass is 32.2. The molecule has 1 aromatic carbocycles. The largest absolute Gasteiger partial charge is 0.382 e. The van der Waals surface area contributed by atoms with Crippen LogP contribution in [0.2, 0.25) is 0 Å². The molecule has 1 amide bonds. The molecule has 136 valence electrons. The number of sulfonamides is 1. The van der Waals surface area contributed by atoms with Crippen molar-refractivity contribution in [2.24, 2.45) is 0 Å². The van der Waals surface area contributed by atoms with E-state index in [0.29, 0.717) is 16.6 Å². The lowest BCUT2D eigenvalue weighted by molar-refractivity contribution is 0.0708. The van der Waals surface area contributed by atoms with Crippen LogP contribution in [0.25, 0.3) is 0 Å². The van der Waals surface area contributed by atoms with Crippen LogP contribution in [0.1, 0.15) is 15.4 Å². The number of rotatable bonds is 8. The summed E-state index contributed by atoms with van der Waals surface area (Å²) in [7, 11) is -2.10. The number of hydrogen-bond donors (Lipinski definition) is 1. The van der Waals surface area contributed by atoms with E-state index in [4.69, 9.17) is 9.57 Å². The van der Waals surface area contributed by atoms with Gasteiger partial charge in [0, 0.05) is 12.0 Å². The Morgan fingerprint density at radius 3 is 2.56 bits per heavy atom. The molecule has 0 bridgehead atoms. The second-order valence-electron chi connectivity index (χ2n) is 5.06. The standard InChI is InChI=1S/C15H19N3O5S2/c1-11-13(14(19)17-25(3,20)21)16-15(24-11)18(23-10-9-22-2)12-7-5-4-6-8-12/h4-8H,9-10H2,1-3H3,(H,17,19). The van der Waals surface area contributed by atoms with E-state index in [1.165, 1.54) is 16.4 Å². The van der Waals surface area contributed by atoms with Crippen LogP contribution in [0.4, 0.5) is 10.8 Å². The van der Waals surface area contributed by atoms with Crippen molar-refractivity contribution in [2.45, 2.75) is 6.92 Å². The van der Waals surface area contributed by atoms with Crippen LogP contribution in [-0.4, -0.2) is 45.9 Å². The van der Waals surface area contributed by atoms with Crippen molar-refractivity contribution in [3.8, 4) is 0 Å². The van der Waals surface area contributed by atoms with E-state index in [1.807, 2.05) is 35.1 Å². The van der Waals surface area contributed by atoms with Crippen molar-refractivity contribution in [3.63, 3.8) is 0 Å². The van der Waals surface area contributed by atoms with Crippen LogP contribution in [-0.2, 0) is 19.6 Å². The van der Waals surface area contributed by atoms with Gasteiger partial charge in [0.25, 0.3) is 5.91 Å². The Morgan fingerprint density at radius 2 is 1.96 bits per heavy atom. The third-order valence-electron chi connectivity index (χ3n) is 2.95. The second-order valence-corrected chi connectivity index (χ2v) is 7.99. The average Bonchev–Trinajstić information content (AvgIpc) is 2.92. The minimum absolute atomic E-state index is 0.0432. The van der Waals surface area contributed by atoms with E-state index in [-0.39, 0.29) is 12.3 Å². The molecule has 0 spiro atoms. The van der Waals surface area contributed by atoms with Gasteiger partial charge in [-0.25, -0.2) is 18.1 Å². The number of carbonyl (C=O) groups excluding carboxylic acids is 1. The summed E-state index contributed by atoms with van der Waals surface area (Å²) in [5, 5.41) is 1.91. The lowest BCUT2D eigenvalue weighted by atomic mass is 10.3. The molecule has 0 radical (unpaired) electrons. The summed E-state index contributed by atoms with van der Waals surface area (Å²) in [5.74, 6) is -0.771. The highest BCUT2D eigenvalue weighted by Crippen LogP contribution is 2.31. The van der Waals surface area contributed by atoms with E-state index in [9.17, 15) is 13.2 Å². The maximum absolute atomic E-state index is 12.1. The monoisotopic (exact) mass is 385 g/mol. The summed E-state index contributed by atoms with van der Waals surface area (Å²) < 4.78 is 29.4. The molecule has 0 saturated heterocycles. The van der Waals surface area contributed by atoms with Crippen LogP contribution < -0.4 is 9.79 Å². The summed E-state index contributed by atoms with van der Waals surface area (Å²) >= 11 is 1.22. The molecule has 10 heteroatoms. The SMILES string of the molecule is COCCON(c1ccccc1)c1nc(C(=O)NS(C)(=O)=O)c(C)s1. The summed E-state index contributed by atoms with van der Waals surface area (Å²) in [5.41, 5.74) is 0.768. The third kappa shape index (κ3) is 5.49. The average molecular weight is 385 g/mol. The van der Waals surface area contributed by atoms with Crippen LogP contribution in [0.3, 0.4) is 0 Å². The van der Waals surface area contributed by atoms with Crippen molar-refractivity contribution in [3.05, 3.63) is 40.9 Å². The Kier molecular flexibility index (Phi) is 6.48. The first-order valence-electron chi connectivity index (χ1n) is 7.28. The fourth-order valence-corrected chi connectivity index (χ4v) is 3.23. The van der Waals surface area contributed by atoms with Crippen molar-refractivity contribution in [1.82, 2.24) is 9.71 Å². The molecular weight excluding hydrogens is 366 g/mol. The number of nitrogens with one attached hydrogen (secondary N) is 1. The molecule has 0 atom stereocenters. The van der Waals surface area contributed by atoms with E-state index in [2.05, 4.69) is 4.98 Å². The molecular formula is C15H19N3O5S2. The molecule has 0 aliphatic heterocycles. The number of amides is 1. The maximum atomic E-state index is 12.1. The van der Waals surface area contributed by atoms with Gasteiger partial charge in [0.2, 0.25) is 15.2 Å². The molecule has 0 fully saturated rings. The predicted molar refractivity (Wildman–Crippen MR) is 95.6 cm³/mol. The zero-order valence-corrected chi connectivity index (χ0v) is 15.7. The van der Waals surface area contributed by atoms with Crippen LogP contribution >= 0.6 is 11.3 Å². The zero-order chi connectivity index (χ0) is 18.4. The van der Waals surface area contributed by atoms with Gasteiger partial charge in [0.1, 0.15) is 5.69 Å². The first-order chi connectivity index (χ1) is 11.8. The second kappa shape index (κ2) is 8.39. The van der Waals surface area contributed by atoms with Gasteiger partial charge in [-0.1, -0.05) is 29.5 Å². The molecule has 2 rings (SSSR count). The normalized spacial score (nSPS) is 11.3. The van der Waals surface area contributed by atoms with E-state index in [0.717, 1.165) is 11.9 Å². The first-order valence-corrected chi connectivity index (χ1v) is 9.99. The van der Waals surface area contributed by atoms with Gasteiger partial charge in [-0.2, -0.15) is 5.06 Å². The number of benzene rings is 1. The number of carbonyl (C=O) groups is 1. The Bertz CT molecular complexity index is 821. The lowest BCUT2D eigenvalue weighted by Gasteiger charge is -2.20. The minimum atomic E-state index is -3.67. The number of para-hydroxylation sites is 1. The molecule has 0 aliphatic rings. The fraction of sp³-hybridized carbons (Fsp3) is 0.333. The van der Waals surface area contributed by atoms with Gasteiger partial charge < -0.3 is 4.74 Å². The summed E-state index contributed by atoms with van der Waals surface area (Å²) in [4.78, 5) is 22.6. The molecule has 8 nitrogen and oxygen atoms in total. The van der Waals surface area contributed by atoms with Crippen LogP contribution in [0.15, 0.2) is 30.3 Å². The van der Waals surface area contributed by atoms with Crippen molar-refractivity contribution < 1.29 is 22.8 Å². The van der Waals surface area contributed by atoms with Gasteiger partial charge in [0.05, 0.1) is 25.2 Å². The molecule has 1 aromatic heterocycles. The molecule has 0 aliphatic carbocycles. The quantitative estimate of drug-likeness (QED) is 0.547. The molecule has 0 saturated carbocycles. The van der Waals surface area contributed by atoms with Crippen LogP contribution in [0.5, 0.6) is 0 Å². The van der Waals surface area contributed by atoms with E-state index in [1.54, 1.807) is 14.0 Å².